The van der Waals surface area contributed by atoms with Crippen molar-refractivity contribution < 1.29 is 19.1 Å². The van der Waals surface area contributed by atoms with Crippen LogP contribution >= 0.6 is 0 Å². The van der Waals surface area contributed by atoms with E-state index in [1.165, 1.54) is 11.0 Å². The third-order valence-electron chi connectivity index (χ3n) is 5.29. The quantitative estimate of drug-likeness (QED) is 0.448. The monoisotopic (exact) mass is 413 g/mol. The molecule has 0 saturated heterocycles. The fourth-order valence-corrected chi connectivity index (χ4v) is 3.67. The summed E-state index contributed by atoms with van der Waals surface area (Å²) in [4.78, 5) is 24.9. The summed E-state index contributed by atoms with van der Waals surface area (Å²) in [5.74, 6) is -0.809. The number of phenolic OH excluding ortho intramolecular Hbond substituents is 1. The van der Waals surface area contributed by atoms with E-state index in [0.29, 0.717) is 22.8 Å². The van der Waals surface area contributed by atoms with Crippen molar-refractivity contribution in [1.29, 1.82) is 0 Å². The van der Waals surface area contributed by atoms with Crippen LogP contribution in [0.15, 0.2) is 72.8 Å². The second-order valence-electron chi connectivity index (χ2n) is 7.50. The zero-order valence-electron chi connectivity index (χ0n) is 17.1. The Kier molecular flexibility index (Phi) is 5.26. The molecular formula is C26H20FNO3. The van der Waals surface area contributed by atoms with Gasteiger partial charge in [0.25, 0.3) is 5.91 Å². The van der Waals surface area contributed by atoms with Crippen molar-refractivity contribution in [2.75, 3.05) is 14.1 Å². The first-order chi connectivity index (χ1) is 14.9. The molecule has 1 amide bonds. The normalized spacial score (nSPS) is 10.8. The van der Waals surface area contributed by atoms with Crippen molar-refractivity contribution in [3.8, 4) is 28.0 Å². The van der Waals surface area contributed by atoms with E-state index in [4.69, 9.17) is 0 Å². The molecule has 0 radical (unpaired) electrons. The zero-order valence-corrected chi connectivity index (χ0v) is 17.1. The maximum absolute atomic E-state index is 14.4. The summed E-state index contributed by atoms with van der Waals surface area (Å²) >= 11 is 0. The number of amides is 1. The Labute approximate surface area is 179 Å². The SMILES string of the molecule is CN(C)C(=O)c1cc(-c2ccc(-c3ccc(C=O)cc3F)cc2)c2ccccc2c1O. The predicted octanol–water partition coefficient (Wildman–Crippen LogP) is 5.53. The van der Waals surface area contributed by atoms with Crippen LogP contribution in [0.4, 0.5) is 4.39 Å². The third-order valence-corrected chi connectivity index (χ3v) is 5.29. The Morgan fingerprint density at radius 3 is 2.06 bits per heavy atom. The molecule has 4 rings (SSSR count). The van der Waals surface area contributed by atoms with E-state index in [0.717, 1.165) is 16.5 Å². The molecule has 0 fully saturated rings. The molecule has 31 heavy (non-hydrogen) atoms. The predicted molar refractivity (Wildman–Crippen MR) is 120 cm³/mol. The number of aldehydes is 1. The van der Waals surface area contributed by atoms with E-state index >= 15 is 0 Å². The molecule has 0 aliphatic heterocycles. The summed E-state index contributed by atoms with van der Waals surface area (Å²) in [7, 11) is 3.27. The second-order valence-corrected chi connectivity index (χ2v) is 7.50. The highest BCUT2D eigenvalue weighted by Crippen LogP contribution is 2.38. The number of carbonyl (C=O) groups excluding carboxylic acids is 2. The van der Waals surface area contributed by atoms with Gasteiger partial charge in [0, 0.05) is 30.6 Å². The highest BCUT2D eigenvalue weighted by Gasteiger charge is 2.19. The Balaban J connectivity index is 1.85. The van der Waals surface area contributed by atoms with Crippen molar-refractivity contribution in [3.05, 3.63) is 89.7 Å². The van der Waals surface area contributed by atoms with E-state index in [2.05, 4.69) is 0 Å². The average molecular weight is 413 g/mol. The van der Waals surface area contributed by atoms with Gasteiger partial charge in [0.1, 0.15) is 17.9 Å². The average Bonchev–Trinajstić information content (AvgIpc) is 2.79. The van der Waals surface area contributed by atoms with Crippen LogP contribution in [0.25, 0.3) is 33.0 Å². The van der Waals surface area contributed by atoms with Crippen molar-refractivity contribution in [3.63, 3.8) is 0 Å². The van der Waals surface area contributed by atoms with Crippen LogP contribution < -0.4 is 0 Å². The topological polar surface area (TPSA) is 57.6 Å². The van der Waals surface area contributed by atoms with Crippen LogP contribution in [0, 0.1) is 5.82 Å². The van der Waals surface area contributed by atoms with Crippen LogP contribution in [-0.2, 0) is 0 Å². The highest BCUT2D eigenvalue weighted by atomic mass is 19.1. The smallest absolute Gasteiger partial charge is 0.257 e. The van der Waals surface area contributed by atoms with Crippen LogP contribution in [0.2, 0.25) is 0 Å². The lowest BCUT2D eigenvalue weighted by molar-refractivity contribution is 0.0825. The fraction of sp³-hybridized carbons (Fsp3) is 0.0769. The van der Waals surface area contributed by atoms with Crippen molar-refractivity contribution in [1.82, 2.24) is 4.90 Å². The minimum atomic E-state index is -0.466. The van der Waals surface area contributed by atoms with E-state index in [-0.39, 0.29) is 22.8 Å². The van der Waals surface area contributed by atoms with Gasteiger partial charge in [-0.2, -0.15) is 0 Å². The molecule has 5 heteroatoms. The van der Waals surface area contributed by atoms with E-state index in [1.807, 2.05) is 30.3 Å². The molecule has 154 valence electrons. The lowest BCUT2D eigenvalue weighted by atomic mass is 9.93. The van der Waals surface area contributed by atoms with Gasteiger partial charge in [-0.25, -0.2) is 4.39 Å². The maximum atomic E-state index is 14.4. The molecule has 0 unspecified atom stereocenters. The van der Waals surface area contributed by atoms with Crippen molar-refractivity contribution >= 4 is 23.0 Å². The highest BCUT2D eigenvalue weighted by molar-refractivity contribution is 6.09. The van der Waals surface area contributed by atoms with Gasteiger partial charge in [0.2, 0.25) is 0 Å². The Morgan fingerprint density at radius 1 is 0.871 bits per heavy atom. The minimum absolute atomic E-state index is 0.0491. The van der Waals surface area contributed by atoms with E-state index in [1.54, 1.807) is 50.5 Å². The molecule has 4 nitrogen and oxygen atoms in total. The first kappa shape index (κ1) is 20.3. The van der Waals surface area contributed by atoms with Gasteiger partial charge in [-0.3, -0.25) is 9.59 Å². The number of benzene rings is 4. The molecule has 0 bridgehead atoms. The van der Waals surface area contributed by atoms with Gasteiger partial charge in [-0.1, -0.05) is 60.7 Å². The van der Waals surface area contributed by atoms with E-state index in [9.17, 15) is 19.1 Å². The molecule has 4 aromatic carbocycles. The molecule has 0 saturated carbocycles. The standard InChI is InChI=1S/C26H20FNO3/c1-28(2)26(31)23-14-22(20-5-3-4-6-21(20)25(23)30)18-10-8-17(9-11-18)19-12-7-16(15-29)13-24(19)27/h3-15,30H,1-2H3. The zero-order chi connectivity index (χ0) is 22.1. The number of hydrogen-bond acceptors (Lipinski definition) is 3. The summed E-state index contributed by atoms with van der Waals surface area (Å²) in [5.41, 5.74) is 3.20. The van der Waals surface area contributed by atoms with Crippen LogP contribution in [0.1, 0.15) is 20.7 Å². The molecular weight excluding hydrogens is 393 g/mol. The molecule has 0 aliphatic carbocycles. The lowest BCUT2D eigenvalue weighted by Gasteiger charge is -2.16. The summed E-state index contributed by atoms with van der Waals surface area (Å²) in [5, 5.41) is 12.1. The molecule has 0 spiro atoms. The molecule has 0 aromatic heterocycles. The molecule has 0 heterocycles. The first-order valence-corrected chi connectivity index (χ1v) is 9.72. The third kappa shape index (κ3) is 3.66. The Morgan fingerprint density at radius 2 is 1.48 bits per heavy atom. The number of hydrogen-bond donors (Lipinski definition) is 1. The van der Waals surface area contributed by atoms with Crippen LogP contribution in [0.5, 0.6) is 5.75 Å². The molecule has 0 aliphatic rings. The Bertz CT molecular complexity index is 1310. The molecule has 0 atom stereocenters. The van der Waals surface area contributed by atoms with Crippen molar-refractivity contribution in [2.24, 2.45) is 0 Å². The summed E-state index contributed by atoms with van der Waals surface area (Å²) in [6, 6.07) is 20.7. The largest absolute Gasteiger partial charge is 0.506 e. The summed E-state index contributed by atoms with van der Waals surface area (Å²) < 4.78 is 14.4. The van der Waals surface area contributed by atoms with Crippen molar-refractivity contribution in [2.45, 2.75) is 0 Å². The van der Waals surface area contributed by atoms with Gasteiger partial charge < -0.3 is 10.0 Å². The number of phenols is 1. The first-order valence-electron chi connectivity index (χ1n) is 9.72. The lowest BCUT2D eigenvalue weighted by Crippen LogP contribution is -2.21. The van der Waals surface area contributed by atoms with Crippen LogP contribution in [0.3, 0.4) is 0 Å². The van der Waals surface area contributed by atoms with Gasteiger partial charge in [0.15, 0.2) is 0 Å². The maximum Gasteiger partial charge on any atom is 0.257 e. The number of carbonyl (C=O) groups is 2. The number of aromatic hydroxyl groups is 1. The molecule has 4 aromatic rings. The number of halogens is 1. The van der Waals surface area contributed by atoms with Gasteiger partial charge in [-0.15, -0.1) is 0 Å². The second kappa shape index (κ2) is 8.03. The number of nitrogens with zero attached hydrogens (tertiary/aromatic N) is 1. The van der Waals surface area contributed by atoms with Crippen LogP contribution in [-0.4, -0.2) is 36.3 Å². The minimum Gasteiger partial charge on any atom is -0.506 e. The van der Waals surface area contributed by atoms with Gasteiger partial charge in [0.05, 0.1) is 5.56 Å². The molecule has 1 N–H and O–H groups in total. The van der Waals surface area contributed by atoms with Gasteiger partial charge in [-0.05, 0) is 34.2 Å². The Hall–Kier alpha value is -3.99. The summed E-state index contributed by atoms with van der Waals surface area (Å²) in [6.45, 7) is 0. The van der Waals surface area contributed by atoms with E-state index < -0.39 is 5.82 Å². The number of rotatable bonds is 4. The van der Waals surface area contributed by atoms with Gasteiger partial charge >= 0.3 is 0 Å². The summed E-state index contributed by atoms with van der Waals surface area (Å²) in [6.07, 6.45) is 0.610. The fourth-order valence-electron chi connectivity index (χ4n) is 3.67. The number of fused-ring (bicyclic) bond motifs is 1.